The second-order valence-corrected chi connectivity index (χ2v) is 6.80. The van der Waals surface area contributed by atoms with E-state index in [-0.39, 0.29) is 17.9 Å². The monoisotopic (exact) mass is 371 g/mol. The Balaban J connectivity index is 1.72. The Bertz CT molecular complexity index is 782. The van der Waals surface area contributed by atoms with Crippen molar-refractivity contribution in [1.82, 2.24) is 15.5 Å². The Hall–Kier alpha value is -2.37. The molecule has 1 saturated heterocycles. The fourth-order valence-corrected chi connectivity index (χ4v) is 3.36. The van der Waals surface area contributed by atoms with Crippen LogP contribution in [0.2, 0.25) is 5.02 Å². The smallest absolute Gasteiger partial charge is 0.251 e. The van der Waals surface area contributed by atoms with Crippen molar-refractivity contribution in [2.45, 2.75) is 19.0 Å². The maximum absolute atomic E-state index is 13.0. The van der Waals surface area contributed by atoms with Crippen molar-refractivity contribution < 1.29 is 9.59 Å². The zero-order chi connectivity index (χ0) is 18.5. The van der Waals surface area contributed by atoms with Gasteiger partial charge in [-0.05, 0) is 36.8 Å². The van der Waals surface area contributed by atoms with Crippen molar-refractivity contribution >= 4 is 23.4 Å². The molecule has 1 fully saturated rings. The first-order chi connectivity index (χ1) is 12.6. The molecule has 0 spiro atoms. The molecule has 2 atom stereocenters. The predicted molar refractivity (Wildman–Crippen MR) is 102 cm³/mol. The van der Waals surface area contributed by atoms with Crippen LogP contribution in [0.1, 0.15) is 28.9 Å². The summed E-state index contributed by atoms with van der Waals surface area (Å²) in [6, 6.07) is 15.7. The normalized spacial score (nSPS) is 18.2. The second-order valence-electron chi connectivity index (χ2n) is 6.37. The van der Waals surface area contributed by atoms with Crippen LogP contribution in [0.5, 0.6) is 0 Å². The number of rotatable bonds is 4. The van der Waals surface area contributed by atoms with Crippen molar-refractivity contribution in [3.05, 3.63) is 70.7 Å². The van der Waals surface area contributed by atoms with Crippen LogP contribution in [0, 0.1) is 0 Å². The number of amides is 2. The van der Waals surface area contributed by atoms with Gasteiger partial charge in [-0.2, -0.15) is 0 Å². The molecule has 0 bridgehead atoms. The van der Waals surface area contributed by atoms with Crippen molar-refractivity contribution in [2.75, 3.05) is 19.6 Å². The van der Waals surface area contributed by atoms with Crippen LogP contribution >= 0.6 is 11.6 Å². The molecule has 2 unspecified atom stereocenters. The molecule has 0 aromatic heterocycles. The van der Waals surface area contributed by atoms with Crippen LogP contribution in [-0.2, 0) is 4.79 Å². The summed E-state index contributed by atoms with van der Waals surface area (Å²) in [5, 5.41) is 6.76. The van der Waals surface area contributed by atoms with Gasteiger partial charge in [-0.1, -0.05) is 41.9 Å². The molecule has 0 saturated carbocycles. The van der Waals surface area contributed by atoms with E-state index >= 15 is 0 Å². The molecule has 2 N–H and O–H groups in total. The molecule has 2 amide bonds. The molecular formula is C20H22ClN3O2. The highest BCUT2D eigenvalue weighted by molar-refractivity contribution is 6.30. The van der Waals surface area contributed by atoms with E-state index in [9.17, 15) is 9.59 Å². The van der Waals surface area contributed by atoms with Gasteiger partial charge in [0, 0.05) is 30.2 Å². The summed E-state index contributed by atoms with van der Waals surface area (Å²) < 4.78 is 0. The third-order valence-electron chi connectivity index (χ3n) is 4.51. The summed E-state index contributed by atoms with van der Waals surface area (Å²) in [5.41, 5.74) is 1.53. The molecular weight excluding hydrogens is 350 g/mol. The Morgan fingerprint density at radius 1 is 1.19 bits per heavy atom. The van der Waals surface area contributed by atoms with Gasteiger partial charge >= 0.3 is 0 Å². The van der Waals surface area contributed by atoms with Gasteiger partial charge in [0.15, 0.2) is 0 Å². The van der Waals surface area contributed by atoms with E-state index in [1.54, 1.807) is 31.2 Å². The quantitative estimate of drug-likeness (QED) is 0.868. The zero-order valence-electron chi connectivity index (χ0n) is 14.6. The number of hydrogen-bond donors (Lipinski definition) is 2. The zero-order valence-corrected chi connectivity index (χ0v) is 15.4. The predicted octanol–water partition coefficient (Wildman–Crippen LogP) is 2.63. The summed E-state index contributed by atoms with van der Waals surface area (Å²) in [4.78, 5) is 27.1. The van der Waals surface area contributed by atoms with E-state index in [1.807, 2.05) is 35.2 Å². The van der Waals surface area contributed by atoms with Crippen LogP contribution in [0.3, 0.4) is 0 Å². The topological polar surface area (TPSA) is 61.4 Å². The Kier molecular flexibility index (Phi) is 5.91. The molecule has 26 heavy (non-hydrogen) atoms. The Morgan fingerprint density at radius 3 is 2.69 bits per heavy atom. The first-order valence-electron chi connectivity index (χ1n) is 8.69. The average molecular weight is 372 g/mol. The third kappa shape index (κ3) is 4.23. The molecule has 5 nitrogen and oxygen atoms in total. The van der Waals surface area contributed by atoms with Gasteiger partial charge in [0.2, 0.25) is 5.91 Å². The van der Waals surface area contributed by atoms with Crippen molar-refractivity contribution in [3.63, 3.8) is 0 Å². The number of benzene rings is 2. The van der Waals surface area contributed by atoms with E-state index in [1.165, 1.54) is 0 Å². The minimum absolute atomic E-state index is 0.0965. The standard InChI is InChI=1S/C20H22ClN3O2/c1-14(23-19(25)15-6-3-2-4-7-15)20(26)24-11-10-22-13-18(24)16-8-5-9-17(21)12-16/h2-9,12,14,18,22H,10-11,13H2,1H3,(H,23,25). The minimum atomic E-state index is -0.609. The van der Waals surface area contributed by atoms with Gasteiger partial charge in [-0.3, -0.25) is 9.59 Å². The minimum Gasteiger partial charge on any atom is -0.341 e. The lowest BCUT2D eigenvalue weighted by Crippen LogP contribution is -2.54. The Labute approximate surface area is 158 Å². The van der Waals surface area contributed by atoms with Crippen LogP contribution < -0.4 is 10.6 Å². The lowest BCUT2D eigenvalue weighted by atomic mass is 10.0. The van der Waals surface area contributed by atoms with Gasteiger partial charge in [0.1, 0.15) is 6.04 Å². The number of halogens is 1. The molecule has 1 aliphatic rings. The van der Waals surface area contributed by atoms with Crippen molar-refractivity contribution in [2.24, 2.45) is 0 Å². The van der Waals surface area contributed by atoms with E-state index in [2.05, 4.69) is 10.6 Å². The summed E-state index contributed by atoms with van der Waals surface area (Å²) >= 11 is 6.11. The van der Waals surface area contributed by atoms with E-state index in [0.717, 1.165) is 12.1 Å². The van der Waals surface area contributed by atoms with Crippen LogP contribution in [0.4, 0.5) is 0 Å². The third-order valence-corrected chi connectivity index (χ3v) is 4.75. The van der Waals surface area contributed by atoms with Crippen LogP contribution in [-0.4, -0.2) is 42.4 Å². The average Bonchev–Trinajstić information content (AvgIpc) is 2.68. The molecule has 2 aromatic carbocycles. The highest BCUT2D eigenvalue weighted by Crippen LogP contribution is 2.25. The number of piperazine rings is 1. The van der Waals surface area contributed by atoms with Crippen LogP contribution in [0.15, 0.2) is 54.6 Å². The number of nitrogens with one attached hydrogen (secondary N) is 2. The summed E-state index contributed by atoms with van der Waals surface area (Å²) in [6.45, 7) is 3.69. The molecule has 136 valence electrons. The van der Waals surface area contributed by atoms with E-state index in [0.29, 0.717) is 23.7 Å². The number of carbonyl (C=O) groups is 2. The van der Waals surface area contributed by atoms with Gasteiger partial charge in [-0.25, -0.2) is 0 Å². The fourth-order valence-electron chi connectivity index (χ4n) is 3.16. The maximum atomic E-state index is 13.0. The number of hydrogen-bond acceptors (Lipinski definition) is 3. The van der Waals surface area contributed by atoms with Gasteiger partial charge in [-0.15, -0.1) is 0 Å². The van der Waals surface area contributed by atoms with E-state index < -0.39 is 6.04 Å². The second kappa shape index (κ2) is 8.34. The van der Waals surface area contributed by atoms with Gasteiger partial charge in [0.25, 0.3) is 5.91 Å². The highest BCUT2D eigenvalue weighted by atomic mass is 35.5. The fraction of sp³-hybridized carbons (Fsp3) is 0.300. The molecule has 0 aliphatic carbocycles. The number of nitrogens with zero attached hydrogens (tertiary/aromatic N) is 1. The number of carbonyl (C=O) groups excluding carboxylic acids is 2. The van der Waals surface area contributed by atoms with Crippen LogP contribution in [0.25, 0.3) is 0 Å². The SMILES string of the molecule is CC(NC(=O)c1ccccc1)C(=O)N1CCNCC1c1cccc(Cl)c1. The first kappa shape index (κ1) is 18.4. The van der Waals surface area contributed by atoms with E-state index in [4.69, 9.17) is 11.6 Å². The summed E-state index contributed by atoms with van der Waals surface area (Å²) in [6.07, 6.45) is 0. The molecule has 3 rings (SSSR count). The first-order valence-corrected chi connectivity index (χ1v) is 9.06. The Morgan fingerprint density at radius 2 is 1.96 bits per heavy atom. The largest absolute Gasteiger partial charge is 0.341 e. The van der Waals surface area contributed by atoms with Crippen molar-refractivity contribution in [1.29, 1.82) is 0 Å². The highest BCUT2D eigenvalue weighted by Gasteiger charge is 2.31. The van der Waals surface area contributed by atoms with Crippen molar-refractivity contribution in [3.8, 4) is 0 Å². The molecule has 1 aliphatic heterocycles. The molecule has 2 aromatic rings. The lowest BCUT2D eigenvalue weighted by molar-refractivity contribution is -0.136. The van der Waals surface area contributed by atoms with Gasteiger partial charge in [0.05, 0.1) is 6.04 Å². The van der Waals surface area contributed by atoms with Gasteiger partial charge < -0.3 is 15.5 Å². The lowest BCUT2D eigenvalue weighted by Gasteiger charge is -2.38. The summed E-state index contributed by atoms with van der Waals surface area (Å²) in [5.74, 6) is -0.346. The molecule has 6 heteroatoms. The summed E-state index contributed by atoms with van der Waals surface area (Å²) in [7, 11) is 0. The molecule has 1 heterocycles. The molecule has 0 radical (unpaired) electrons. The maximum Gasteiger partial charge on any atom is 0.251 e.